The van der Waals surface area contributed by atoms with Crippen molar-refractivity contribution in [3.8, 4) is 11.8 Å². The van der Waals surface area contributed by atoms with E-state index in [0.717, 1.165) is 18.0 Å². The topological polar surface area (TPSA) is 45.0 Å². The van der Waals surface area contributed by atoms with E-state index in [9.17, 15) is 0 Å². The highest BCUT2D eigenvalue weighted by Crippen LogP contribution is 2.17. The maximum atomic E-state index is 8.43. The first-order chi connectivity index (χ1) is 8.36. The molecule has 1 rings (SSSR count). The van der Waals surface area contributed by atoms with Gasteiger partial charge in [0.25, 0.3) is 0 Å². The van der Waals surface area contributed by atoms with Gasteiger partial charge in [0, 0.05) is 18.3 Å². The van der Waals surface area contributed by atoms with E-state index < -0.39 is 0 Å². The molecule has 0 radical (unpaired) electrons. The molecular weight excluding hydrogens is 232 g/mol. The Kier molecular flexibility index (Phi) is 7.08. The van der Waals surface area contributed by atoms with Gasteiger partial charge in [-0.05, 0) is 37.0 Å². The Morgan fingerprint density at radius 2 is 2.29 bits per heavy atom. The number of ether oxygens (including phenoxy) is 1. The lowest BCUT2D eigenvalue weighted by Crippen LogP contribution is -2.02. The molecule has 0 saturated carbocycles. The second kappa shape index (κ2) is 8.77. The fraction of sp³-hybridized carbons (Fsp3) is 0.462. The third-order valence-electron chi connectivity index (χ3n) is 2.24. The number of anilines is 1. The molecule has 0 aliphatic heterocycles. The van der Waals surface area contributed by atoms with Crippen molar-refractivity contribution in [1.82, 2.24) is 0 Å². The number of hydrogen-bond acceptors (Lipinski definition) is 4. The van der Waals surface area contributed by atoms with Gasteiger partial charge >= 0.3 is 0 Å². The zero-order chi connectivity index (χ0) is 12.3. The number of nitrogens with zero attached hydrogens (tertiary/aromatic N) is 1. The molecule has 0 saturated heterocycles. The van der Waals surface area contributed by atoms with Gasteiger partial charge in [-0.2, -0.15) is 17.0 Å². The van der Waals surface area contributed by atoms with Crippen LogP contribution in [-0.2, 0) is 0 Å². The number of nitriles is 1. The van der Waals surface area contributed by atoms with Crippen molar-refractivity contribution in [1.29, 1.82) is 5.26 Å². The third-order valence-corrected chi connectivity index (χ3v) is 2.94. The van der Waals surface area contributed by atoms with Crippen LogP contribution in [0.1, 0.15) is 12.8 Å². The Balaban J connectivity index is 2.30. The van der Waals surface area contributed by atoms with Gasteiger partial charge in [-0.1, -0.05) is 6.07 Å². The van der Waals surface area contributed by atoms with Crippen molar-refractivity contribution < 1.29 is 4.74 Å². The number of rotatable bonds is 8. The van der Waals surface area contributed by atoms with Crippen LogP contribution in [0.2, 0.25) is 0 Å². The van der Waals surface area contributed by atoms with Crippen molar-refractivity contribution in [2.75, 3.05) is 30.5 Å². The van der Waals surface area contributed by atoms with Crippen molar-refractivity contribution in [3.05, 3.63) is 24.3 Å². The van der Waals surface area contributed by atoms with Crippen LogP contribution in [-0.4, -0.2) is 25.2 Å². The number of nitrogens with one attached hydrogen (secondary N) is 1. The summed E-state index contributed by atoms with van der Waals surface area (Å²) in [5.74, 6) is 1.95. The largest absolute Gasteiger partial charge is 0.479 e. The van der Waals surface area contributed by atoms with E-state index in [4.69, 9.17) is 10.00 Å². The van der Waals surface area contributed by atoms with Crippen molar-refractivity contribution in [3.63, 3.8) is 0 Å². The second-order valence-electron chi connectivity index (χ2n) is 3.60. The van der Waals surface area contributed by atoms with Crippen LogP contribution >= 0.6 is 11.8 Å². The average molecular weight is 250 g/mol. The van der Waals surface area contributed by atoms with E-state index in [-0.39, 0.29) is 6.61 Å². The van der Waals surface area contributed by atoms with E-state index in [2.05, 4.69) is 11.6 Å². The van der Waals surface area contributed by atoms with Crippen LogP contribution in [0, 0.1) is 11.3 Å². The van der Waals surface area contributed by atoms with Crippen LogP contribution in [0.3, 0.4) is 0 Å². The molecule has 1 aromatic carbocycles. The molecule has 0 unspecified atom stereocenters. The highest BCUT2D eigenvalue weighted by Gasteiger charge is 1.96. The Bertz CT molecular complexity index is 363. The Hall–Kier alpha value is -1.34. The van der Waals surface area contributed by atoms with Crippen molar-refractivity contribution in [2.45, 2.75) is 12.8 Å². The fourth-order valence-corrected chi connectivity index (χ4v) is 1.91. The Labute approximate surface area is 107 Å². The summed E-state index contributed by atoms with van der Waals surface area (Å²) in [4.78, 5) is 0. The van der Waals surface area contributed by atoms with Gasteiger partial charge in [0.15, 0.2) is 6.61 Å². The zero-order valence-electron chi connectivity index (χ0n) is 10.1. The minimum Gasteiger partial charge on any atom is -0.479 e. The van der Waals surface area contributed by atoms with Gasteiger partial charge in [0.05, 0.1) is 0 Å². The van der Waals surface area contributed by atoms with Crippen molar-refractivity contribution >= 4 is 17.4 Å². The van der Waals surface area contributed by atoms with Gasteiger partial charge in [0.2, 0.25) is 0 Å². The van der Waals surface area contributed by atoms with Gasteiger partial charge in [0.1, 0.15) is 11.8 Å². The summed E-state index contributed by atoms with van der Waals surface area (Å²) in [6.07, 6.45) is 4.53. The molecule has 0 aromatic heterocycles. The molecule has 17 heavy (non-hydrogen) atoms. The highest BCUT2D eigenvalue weighted by atomic mass is 32.2. The molecule has 1 aromatic rings. The second-order valence-corrected chi connectivity index (χ2v) is 4.59. The molecular formula is C13H18N2OS. The van der Waals surface area contributed by atoms with Gasteiger partial charge in [-0.25, -0.2) is 0 Å². The standard InChI is InChI=1S/C13H18N2OS/c1-17-10-3-2-8-15-12-5-4-6-13(11-12)16-9-7-14/h4-6,11,15H,2-3,8-10H2,1H3. The lowest BCUT2D eigenvalue weighted by molar-refractivity contribution is 0.368. The highest BCUT2D eigenvalue weighted by molar-refractivity contribution is 7.98. The molecule has 92 valence electrons. The molecule has 0 heterocycles. The van der Waals surface area contributed by atoms with E-state index in [1.165, 1.54) is 18.6 Å². The van der Waals surface area contributed by atoms with E-state index in [0.29, 0.717) is 0 Å². The summed E-state index contributed by atoms with van der Waals surface area (Å²) in [7, 11) is 0. The lowest BCUT2D eigenvalue weighted by atomic mass is 10.3. The zero-order valence-corrected chi connectivity index (χ0v) is 10.9. The van der Waals surface area contributed by atoms with Crippen LogP contribution in [0.4, 0.5) is 5.69 Å². The minimum absolute atomic E-state index is 0.0944. The molecule has 0 atom stereocenters. The minimum atomic E-state index is 0.0944. The summed E-state index contributed by atoms with van der Waals surface area (Å²) in [6.45, 7) is 1.07. The summed E-state index contributed by atoms with van der Waals surface area (Å²) >= 11 is 1.88. The predicted octanol–water partition coefficient (Wildman–Crippen LogP) is 3.14. The van der Waals surface area contributed by atoms with Crippen LogP contribution in [0.5, 0.6) is 5.75 Å². The monoisotopic (exact) mass is 250 g/mol. The summed E-state index contributed by atoms with van der Waals surface area (Å²) < 4.78 is 5.24. The first kappa shape index (κ1) is 13.7. The molecule has 0 amide bonds. The molecule has 0 aliphatic carbocycles. The van der Waals surface area contributed by atoms with Crippen LogP contribution in [0.15, 0.2) is 24.3 Å². The number of unbranched alkanes of at least 4 members (excludes halogenated alkanes) is 1. The average Bonchev–Trinajstić information content (AvgIpc) is 2.37. The smallest absolute Gasteiger partial charge is 0.174 e. The molecule has 0 aliphatic rings. The first-order valence-corrected chi connectivity index (χ1v) is 7.09. The van der Waals surface area contributed by atoms with Crippen molar-refractivity contribution in [2.24, 2.45) is 0 Å². The van der Waals surface area contributed by atoms with Gasteiger partial charge < -0.3 is 10.1 Å². The maximum Gasteiger partial charge on any atom is 0.174 e. The molecule has 0 spiro atoms. The number of hydrogen-bond donors (Lipinski definition) is 1. The lowest BCUT2D eigenvalue weighted by Gasteiger charge is -2.08. The number of benzene rings is 1. The van der Waals surface area contributed by atoms with Crippen LogP contribution < -0.4 is 10.1 Å². The molecule has 4 heteroatoms. The third kappa shape index (κ3) is 6.08. The predicted molar refractivity (Wildman–Crippen MR) is 73.7 cm³/mol. The molecule has 1 N–H and O–H groups in total. The number of thioether (sulfide) groups is 1. The quantitative estimate of drug-likeness (QED) is 0.720. The van der Waals surface area contributed by atoms with E-state index in [1.807, 2.05) is 42.1 Å². The summed E-state index contributed by atoms with van der Waals surface area (Å²) in [6, 6.07) is 9.67. The Morgan fingerprint density at radius 3 is 3.06 bits per heavy atom. The van der Waals surface area contributed by atoms with E-state index in [1.54, 1.807) is 0 Å². The summed E-state index contributed by atoms with van der Waals surface area (Å²) in [5.41, 5.74) is 1.05. The SMILES string of the molecule is CSCCCCNc1cccc(OCC#N)c1. The maximum absolute atomic E-state index is 8.43. The summed E-state index contributed by atoms with van der Waals surface area (Å²) in [5, 5.41) is 11.8. The van der Waals surface area contributed by atoms with E-state index >= 15 is 0 Å². The molecule has 0 bridgehead atoms. The van der Waals surface area contributed by atoms with Gasteiger partial charge in [-0.15, -0.1) is 0 Å². The molecule has 3 nitrogen and oxygen atoms in total. The van der Waals surface area contributed by atoms with Gasteiger partial charge in [-0.3, -0.25) is 0 Å². The molecule has 0 fully saturated rings. The van der Waals surface area contributed by atoms with Crippen LogP contribution in [0.25, 0.3) is 0 Å². The normalized spacial score (nSPS) is 9.65. The Morgan fingerprint density at radius 1 is 1.41 bits per heavy atom. The first-order valence-electron chi connectivity index (χ1n) is 5.69. The fourth-order valence-electron chi connectivity index (χ4n) is 1.42.